The number of aliphatic hydroxyl groups is 1. The average molecular weight is 510 g/mol. The number of aliphatic hydroxyl groups excluding tert-OH is 1. The molecule has 202 valence electrons. The van der Waals surface area contributed by atoms with E-state index in [1.54, 1.807) is 0 Å². The molecule has 0 bridgehead atoms. The van der Waals surface area contributed by atoms with E-state index in [9.17, 15) is 24.8 Å². The molecule has 0 aliphatic heterocycles. The van der Waals surface area contributed by atoms with Crippen molar-refractivity contribution in [2.75, 3.05) is 7.11 Å². The van der Waals surface area contributed by atoms with Crippen molar-refractivity contribution in [1.29, 1.82) is 5.26 Å². The maximum absolute atomic E-state index is 14.2. The lowest BCUT2D eigenvalue weighted by Crippen LogP contribution is -2.64. The minimum absolute atomic E-state index is 0.0326. The Morgan fingerprint density at radius 2 is 1.68 bits per heavy atom. The third-order valence-corrected chi connectivity index (χ3v) is 12.3. The topological polar surface area (TPSA) is 104 Å². The molecule has 37 heavy (non-hydrogen) atoms. The predicted molar refractivity (Wildman–Crippen MR) is 138 cm³/mol. The summed E-state index contributed by atoms with van der Waals surface area (Å²) in [5, 5.41) is 20.9. The van der Waals surface area contributed by atoms with Gasteiger partial charge in [-0.3, -0.25) is 14.4 Å². The van der Waals surface area contributed by atoms with Crippen LogP contribution in [0, 0.1) is 68.0 Å². The van der Waals surface area contributed by atoms with Crippen LogP contribution in [0.3, 0.4) is 0 Å². The van der Waals surface area contributed by atoms with E-state index in [4.69, 9.17) is 4.74 Å². The van der Waals surface area contributed by atoms with E-state index in [1.165, 1.54) is 7.11 Å². The summed E-state index contributed by atoms with van der Waals surface area (Å²) < 4.78 is 5.32. The monoisotopic (exact) mass is 509 g/mol. The Hall–Kier alpha value is -2.00. The molecule has 5 rings (SSSR count). The van der Waals surface area contributed by atoms with Gasteiger partial charge >= 0.3 is 5.97 Å². The lowest BCUT2D eigenvalue weighted by Gasteiger charge is -2.66. The molecule has 0 radical (unpaired) electrons. The van der Waals surface area contributed by atoms with E-state index in [-0.39, 0.29) is 46.6 Å². The number of hydrogen-bond acceptors (Lipinski definition) is 6. The van der Waals surface area contributed by atoms with Gasteiger partial charge in [0.15, 0.2) is 11.6 Å². The number of hydrogen-bond donors (Lipinski definition) is 1. The first-order valence-electron chi connectivity index (χ1n) is 14.1. The highest BCUT2D eigenvalue weighted by atomic mass is 16.5. The Kier molecular flexibility index (Phi) is 5.76. The summed E-state index contributed by atoms with van der Waals surface area (Å²) in [5.74, 6) is -1.14. The third-order valence-electron chi connectivity index (χ3n) is 12.3. The molecular formula is C31H43NO5. The number of nitrogens with zero attached hydrogens (tertiary/aromatic N) is 1. The zero-order valence-corrected chi connectivity index (χ0v) is 23.5. The zero-order valence-electron chi connectivity index (χ0n) is 23.5. The van der Waals surface area contributed by atoms with E-state index in [2.05, 4.69) is 19.9 Å². The van der Waals surface area contributed by atoms with E-state index >= 15 is 0 Å². The molecule has 5 aliphatic carbocycles. The Balaban J connectivity index is 1.63. The van der Waals surface area contributed by atoms with Crippen LogP contribution in [-0.2, 0) is 19.1 Å². The second-order valence-electron chi connectivity index (χ2n) is 14.7. The molecule has 1 N–H and O–H groups in total. The fraction of sp³-hybridized carbons (Fsp3) is 0.806. The Morgan fingerprint density at radius 3 is 2.30 bits per heavy atom. The highest BCUT2D eigenvalue weighted by Gasteiger charge is 2.68. The first-order valence-corrected chi connectivity index (χ1v) is 14.1. The average Bonchev–Trinajstić information content (AvgIpc) is 2.82. The smallest absolute Gasteiger partial charge is 0.312 e. The molecule has 6 heteroatoms. The zero-order chi connectivity index (χ0) is 27.3. The summed E-state index contributed by atoms with van der Waals surface area (Å²) >= 11 is 0. The van der Waals surface area contributed by atoms with Crippen LogP contribution < -0.4 is 0 Å². The molecule has 0 spiro atoms. The van der Waals surface area contributed by atoms with Gasteiger partial charge in [0.25, 0.3) is 0 Å². The molecule has 0 saturated heterocycles. The van der Waals surface area contributed by atoms with Crippen molar-refractivity contribution in [2.45, 2.75) is 92.6 Å². The minimum atomic E-state index is -0.839. The molecule has 9 atom stereocenters. The summed E-state index contributed by atoms with van der Waals surface area (Å²) in [5.41, 5.74) is -1.36. The van der Waals surface area contributed by atoms with Gasteiger partial charge in [-0.05, 0) is 85.0 Å². The third kappa shape index (κ3) is 3.28. The van der Waals surface area contributed by atoms with Crippen molar-refractivity contribution >= 4 is 17.5 Å². The van der Waals surface area contributed by atoms with Crippen LogP contribution in [0.25, 0.3) is 0 Å². The van der Waals surface area contributed by atoms with Crippen molar-refractivity contribution in [3.8, 4) is 6.07 Å². The number of esters is 1. The second-order valence-corrected chi connectivity index (χ2v) is 14.7. The van der Waals surface area contributed by atoms with Gasteiger partial charge in [-0.1, -0.05) is 47.1 Å². The largest absolute Gasteiger partial charge is 0.469 e. The molecule has 0 aromatic heterocycles. The van der Waals surface area contributed by atoms with Crippen molar-refractivity contribution in [3.05, 3.63) is 11.6 Å². The number of rotatable bonds is 1. The second kappa shape index (κ2) is 8.01. The van der Waals surface area contributed by atoms with Gasteiger partial charge in [-0.25, -0.2) is 0 Å². The molecule has 5 aliphatic rings. The standard InChI is InChI=1S/C31H43NO5/c1-27(2)14-19-24-18(8-11-31(19,15-23(27)34)26(36)37-7)29(5)10-9-21-28(3,4)25(35)17(16-32)13-30(21,6)22(29)12-20(24)33/h12,17-19,21,23-24,34H,8-11,13-15H2,1-7H3/t17?,18?,19-,21-,23-,24-,29-,30-,31+/m0/s1. The van der Waals surface area contributed by atoms with E-state index < -0.39 is 33.7 Å². The number of fused-ring (bicyclic) bond motifs is 7. The molecule has 4 saturated carbocycles. The van der Waals surface area contributed by atoms with Crippen LogP contribution in [0.15, 0.2) is 11.6 Å². The summed E-state index contributed by atoms with van der Waals surface area (Å²) in [6, 6.07) is 2.28. The highest BCUT2D eigenvalue weighted by molar-refractivity contribution is 5.96. The summed E-state index contributed by atoms with van der Waals surface area (Å²) in [4.78, 5) is 40.7. The van der Waals surface area contributed by atoms with Gasteiger partial charge in [-0.2, -0.15) is 5.26 Å². The van der Waals surface area contributed by atoms with Gasteiger partial charge in [0.05, 0.1) is 24.7 Å². The Morgan fingerprint density at radius 1 is 1.00 bits per heavy atom. The molecule has 0 heterocycles. The Bertz CT molecular complexity index is 1130. The number of methoxy groups -OCH3 is 1. The van der Waals surface area contributed by atoms with Crippen molar-refractivity contribution in [1.82, 2.24) is 0 Å². The number of ether oxygens (including phenoxy) is 1. The lowest BCUT2D eigenvalue weighted by atomic mass is 9.37. The molecule has 4 fully saturated rings. The molecular weight excluding hydrogens is 466 g/mol. The van der Waals surface area contributed by atoms with Crippen LogP contribution in [0.4, 0.5) is 0 Å². The maximum atomic E-state index is 14.2. The number of Topliss-reactive ketones (excluding diaryl/α,β-unsaturated/α-hetero) is 1. The first-order chi connectivity index (χ1) is 17.1. The molecule has 0 aromatic carbocycles. The van der Waals surface area contributed by atoms with Crippen LogP contribution >= 0.6 is 0 Å². The lowest BCUT2D eigenvalue weighted by molar-refractivity contribution is -0.190. The van der Waals surface area contributed by atoms with Crippen molar-refractivity contribution in [3.63, 3.8) is 0 Å². The fourth-order valence-corrected chi connectivity index (χ4v) is 10.3. The van der Waals surface area contributed by atoms with E-state index in [0.29, 0.717) is 25.7 Å². The van der Waals surface area contributed by atoms with Crippen molar-refractivity contribution in [2.24, 2.45) is 56.7 Å². The molecule has 0 amide bonds. The van der Waals surface area contributed by atoms with Gasteiger partial charge in [0.1, 0.15) is 5.92 Å². The van der Waals surface area contributed by atoms with Gasteiger partial charge < -0.3 is 9.84 Å². The number of ketones is 2. The van der Waals surface area contributed by atoms with Crippen molar-refractivity contribution < 1.29 is 24.2 Å². The molecule has 2 unspecified atom stereocenters. The number of allylic oxidation sites excluding steroid dienone is 2. The van der Waals surface area contributed by atoms with Gasteiger partial charge in [0.2, 0.25) is 0 Å². The Labute approximate surface area is 221 Å². The summed E-state index contributed by atoms with van der Waals surface area (Å²) in [6.45, 7) is 12.5. The SMILES string of the molecule is COC(=O)[C@@]12CCC3[C@H](C(=O)C=C4[C@@]3(C)CC[C@H]3C(C)(C)C(=O)C(C#N)C[C@]43C)[C@@H]1CC(C)(C)[C@@H](O)C2. The molecule has 0 aromatic rings. The van der Waals surface area contributed by atoms with Crippen LogP contribution in [-0.4, -0.2) is 35.9 Å². The first kappa shape index (κ1) is 26.6. The van der Waals surface area contributed by atoms with E-state index in [0.717, 1.165) is 24.8 Å². The van der Waals surface area contributed by atoms with Crippen LogP contribution in [0.2, 0.25) is 0 Å². The van der Waals surface area contributed by atoms with Gasteiger partial charge in [0, 0.05) is 11.3 Å². The predicted octanol–water partition coefficient (Wildman–Crippen LogP) is 5.04. The normalized spacial score (nSPS) is 47.8. The van der Waals surface area contributed by atoms with E-state index in [1.807, 2.05) is 33.8 Å². The maximum Gasteiger partial charge on any atom is 0.312 e. The van der Waals surface area contributed by atoms with Crippen LogP contribution in [0.1, 0.15) is 86.5 Å². The minimum Gasteiger partial charge on any atom is -0.469 e. The molecule has 6 nitrogen and oxygen atoms in total. The quantitative estimate of drug-likeness (QED) is 0.497. The summed E-state index contributed by atoms with van der Waals surface area (Å²) in [7, 11) is 1.41. The van der Waals surface area contributed by atoms with Gasteiger partial charge in [-0.15, -0.1) is 0 Å². The highest BCUT2D eigenvalue weighted by Crippen LogP contribution is 2.71. The summed E-state index contributed by atoms with van der Waals surface area (Å²) in [6.07, 6.45) is 5.78. The number of carbonyl (C=O) groups excluding carboxylic acids is 3. The fourth-order valence-electron chi connectivity index (χ4n) is 10.3. The number of carbonyl (C=O) groups is 3. The van der Waals surface area contributed by atoms with Crippen LogP contribution in [0.5, 0.6) is 0 Å². The number of nitriles is 1.